The molecule has 1 N–H and O–H groups in total. The minimum absolute atomic E-state index is 0.0153. The van der Waals surface area contributed by atoms with E-state index in [0.29, 0.717) is 23.3 Å². The van der Waals surface area contributed by atoms with Gasteiger partial charge in [-0.25, -0.2) is 9.89 Å². The monoisotopic (exact) mass is 488 g/mol. The maximum absolute atomic E-state index is 13.4. The van der Waals surface area contributed by atoms with Crippen LogP contribution >= 0.6 is 23.1 Å². The fourth-order valence-electron chi connectivity index (χ4n) is 4.03. The van der Waals surface area contributed by atoms with Crippen LogP contribution in [0.1, 0.15) is 33.6 Å². The van der Waals surface area contributed by atoms with Crippen LogP contribution in [0.5, 0.6) is 0 Å². The molecule has 0 aliphatic carbocycles. The Morgan fingerprint density at radius 2 is 2.00 bits per heavy atom. The minimum atomic E-state index is -0.753. The first kappa shape index (κ1) is 22.6. The highest BCUT2D eigenvalue weighted by molar-refractivity contribution is 8.13. The highest BCUT2D eigenvalue weighted by Crippen LogP contribution is 2.35. The third-order valence-corrected chi connectivity index (χ3v) is 7.68. The number of hydrogen-bond acceptors (Lipinski definition) is 6. The van der Waals surface area contributed by atoms with Crippen LogP contribution in [0.3, 0.4) is 0 Å². The Kier molecular flexibility index (Phi) is 6.34. The number of nitrogens with one attached hydrogen (secondary N) is 1. The number of aryl methyl sites for hydroxylation is 2. The van der Waals surface area contributed by atoms with Gasteiger partial charge in [0.1, 0.15) is 11.9 Å². The average molecular weight is 489 g/mol. The molecule has 2 aromatic carbocycles. The summed E-state index contributed by atoms with van der Waals surface area (Å²) < 4.78 is 0. The Morgan fingerprint density at radius 1 is 1.15 bits per heavy atom. The quantitative estimate of drug-likeness (QED) is 0.533. The van der Waals surface area contributed by atoms with Gasteiger partial charge in [0.2, 0.25) is 5.91 Å². The molecule has 6 nitrogen and oxygen atoms in total. The van der Waals surface area contributed by atoms with Crippen molar-refractivity contribution in [2.45, 2.75) is 38.6 Å². The first-order valence-corrected chi connectivity index (χ1v) is 12.9. The van der Waals surface area contributed by atoms with Gasteiger partial charge in [-0.3, -0.25) is 14.6 Å². The number of aliphatic imine (C=N–C) groups is 2. The van der Waals surface area contributed by atoms with Crippen LogP contribution in [0.15, 0.2) is 70.0 Å². The third-order valence-electron chi connectivity index (χ3n) is 5.82. The SMILES string of the molecule is Cc1ccc(CSC2=Nc3ccccc3C3=N[C@@H](CC(=O)NCc4cccs4)C(=O)N23)c(C)c1. The van der Waals surface area contributed by atoms with Crippen molar-refractivity contribution in [3.05, 3.63) is 87.1 Å². The average Bonchev–Trinajstić information content (AvgIpc) is 3.46. The molecule has 3 aromatic rings. The molecule has 1 aromatic heterocycles. The van der Waals surface area contributed by atoms with Gasteiger partial charge in [0.25, 0.3) is 5.91 Å². The van der Waals surface area contributed by atoms with Gasteiger partial charge < -0.3 is 5.32 Å². The molecule has 0 spiro atoms. The second-order valence-electron chi connectivity index (χ2n) is 8.33. The highest BCUT2D eigenvalue weighted by Gasteiger charge is 2.42. The van der Waals surface area contributed by atoms with Crippen LogP contribution in [0, 0.1) is 13.8 Å². The summed E-state index contributed by atoms with van der Waals surface area (Å²) in [5.41, 5.74) is 5.24. The Hall–Kier alpha value is -3.23. The van der Waals surface area contributed by atoms with Crippen molar-refractivity contribution >= 4 is 51.6 Å². The Balaban J connectivity index is 1.35. The summed E-state index contributed by atoms with van der Waals surface area (Å²) in [7, 11) is 0. The molecule has 0 saturated carbocycles. The lowest BCUT2D eigenvalue weighted by Gasteiger charge is -2.25. The molecule has 0 radical (unpaired) electrons. The summed E-state index contributed by atoms with van der Waals surface area (Å²) >= 11 is 3.11. The van der Waals surface area contributed by atoms with Crippen LogP contribution in [-0.2, 0) is 21.9 Å². The van der Waals surface area contributed by atoms with E-state index < -0.39 is 6.04 Å². The van der Waals surface area contributed by atoms with E-state index in [1.807, 2.05) is 41.8 Å². The van der Waals surface area contributed by atoms with Gasteiger partial charge in [-0.05, 0) is 48.6 Å². The van der Waals surface area contributed by atoms with Gasteiger partial charge in [0.15, 0.2) is 5.17 Å². The second-order valence-corrected chi connectivity index (χ2v) is 10.3. The maximum Gasteiger partial charge on any atom is 0.259 e. The zero-order valence-electron chi connectivity index (χ0n) is 18.9. The molecule has 172 valence electrons. The smallest absolute Gasteiger partial charge is 0.259 e. The van der Waals surface area contributed by atoms with E-state index in [9.17, 15) is 9.59 Å². The van der Waals surface area contributed by atoms with E-state index in [0.717, 1.165) is 16.1 Å². The van der Waals surface area contributed by atoms with Gasteiger partial charge in [-0.15, -0.1) is 11.3 Å². The summed E-state index contributed by atoms with van der Waals surface area (Å²) in [6.07, 6.45) is 0.0153. The lowest BCUT2D eigenvalue weighted by atomic mass is 10.1. The number of amidine groups is 2. The Labute approximate surface area is 206 Å². The summed E-state index contributed by atoms with van der Waals surface area (Å²) in [5.74, 6) is 0.874. The topological polar surface area (TPSA) is 74.1 Å². The van der Waals surface area contributed by atoms with Crippen molar-refractivity contribution in [2.24, 2.45) is 9.98 Å². The number of para-hydroxylation sites is 1. The number of hydrogen-bond donors (Lipinski definition) is 1. The van der Waals surface area contributed by atoms with Crippen molar-refractivity contribution < 1.29 is 9.59 Å². The Bertz CT molecular complexity index is 1310. The van der Waals surface area contributed by atoms with E-state index in [1.54, 1.807) is 16.2 Å². The van der Waals surface area contributed by atoms with E-state index >= 15 is 0 Å². The number of carbonyl (C=O) groups is 2. The van der Waals surface area contributed by atoms with Gasteiger partial charge in [0, 0.05) is 16.2 Å². The van der Waals surface area contributed by atoms with E-state index in [4.69, 9.17) is 9.98 Å². The fourth-order valence-corrected chi connectivity index (χ4v) is 5.75. The van der Waals surface area contributed by atoms with Gasteiger partial charge >= 0.3 is 0 Å². The number of benzene rings is 2. The predicted molar refractivity (Wildman–Crippen MR) is 139 cm³/mol. The number of rotatable bonds is 6. The van der Waals surface area contributed by atoms with Crippen molar-refractivity contribution in [1.82, 2.24) is 10.2 Å². The number of amides is 2. The summed E-state index contributed by atoms with van der Waals surface area (Å²) in [6, 6.07) is 17.2. The lowest BCUT2D eigenvalue weighted by molar-refractivity contribution is -0.128. The van der Waals surface area contributed by atoms with Gasteiger partial charge in [0.05, 0.1) is 18.7 Å². The van der Waals surface area contributed by atoms with Crippen LogP contribution in [0.25, 0.3) is 0 Å². The molecule has 0 fully saturated rings. The number of thioether (sulfide) groups is 1. The zero-order valence-corrected chi connectivity index (χ0v) is 20.6. The second kappa shape index (κ2) is 9.56. The summed E-state index contributed by atoms with van der Waals surface area (Å²) in [6.45, 7) is 4.63. The Morgan fingerprint density at radius 3 is 2.79 bits per heavy atom. The van der Waals surface area contributed by atoms with Crippen molar-refractivity contribution in [2.75, 3.05) is 0 Å². The standard InChI is InChI=1S/C26H24N4O2S2/c1-16-9-10-18(17(2)12-16)15-34-26-29-21-8-4-3-7-20(21)24-28-22(25(32)30(24)26)13-23(31)27-14-19-6-5-11-33-19/h3-12,22H,13-15H2,1-2H3,(H,27,31)/t22-/m0/s1. The van der Waals surface area contributed by atoms with Crippen molar-refractivity contribution in [3.8, 4) is 0 Å². The first-order chi connectivity index (χ1) is 16.5. The number of thiophene rings is 1. The number of fused-ring (bicyclic) bond motifs is 3. The van der Waals surface area contributed by atoms with E-state index in [1.165, 1.54) is 28.5 Å². The molecular formula is C26H24N4O2S2. The molecular weight excluding hydrogens is 464 g/mol. The maximum atomic E-state index is 13.4. The van der Waals surface area contributed by atoms with Crippen molar-refractivity contribution in [3.63, 3.8) is 0 Å². The molecule has 0 bridgehead atoms. The fraction of sp³-hybridized carbons (Fsp3) is 0.231. The molecule has 1 atom stereocenters. The van der Waals surface area contributed by atoms with Crippen LogP contribution in [0.2, 0.25) is 0 Å². The molecule has 5 rings (SSSR count). The van der Waals surface area contributed by atoms with Crippen molar-refractivity contribution in [1.29, 1.82) is 0 Å². The predicted octanol–water partition coefficient (Wildman–Crippen LogP) is 4.96. The van der Waals surface area contributed by atoms with Gasteiger partial charge in [-0.2, -0.15) is 0 Å². The molecule has 34 heavy (non-hydrogen) atoms. The number of nitrogens with zero attached hydrogens (tertiary/aromatic N) is 3. The van der Waals surface area contributed by atoms with Crippen LogP contribution < -0.4 is 5.32 Å². The molecule has 0 unspecified atom stereocenters. The largest absolute Gasteiger partial charge is 0.351 e. The molecule has 2 aliphatic rings. The lowest BCUT2D eigenvalue weighted by Crippen LogP contribution is -2.42. The molecule has 3 heterocycles. The summed E-state index contributed by atoms with van der Waals surface area (Å²) in [5, 5.41) is 5.47. The van der Waals surface area contributed by atoms with E-state index in [-0.39, 0.29) is 18.2 Å². The van der Waals surface area contributed by atoms with Crippen LogP contribution in [-0.4, -0.2) is 33.8 Å². The third kappa shape index (κ3) is 4.56. The van der Waals surface area contributed by atoms with Gasteiger partial charge in [-0.1, -0.05) is 53.7 Å². The molecule has 2 amide bonds. The van der Waals surface area contributed by atoms with E-state index in [2.05, 4.69) is 37.4 Å². The first-order valence-electron chi connectivity index (χ1n) is 11.1. The zero-order chi connectivity index (χ0) is 23.7. The highest BCUT2D eigenvalue weighted by atomic mass is 32.2. The molecule has 0 saturated heterocycles. The van der Waals surface area contributed by atoms with Crippen LogP contribution in [0.4, 0.5) is 5.69 Å². The minimum Gasteiger partial charge on any atom is -0.351 e. The molecule has 8 heteroatoms. The summed E-state index contributed by atoms with van der Waals surface area (Å²) in [4.78, 5) is 38.1. The molecule has 2 aliphatic heterocycles. The normalized spacial score (nSPS) is 16.6. The number of carbonyl (C=O) groups excluding carboxylic acids is 2.